The number of aromatic nitrogens is 1. The highest BCUT2D eigenvalue weighted by Crippen LogP contribution is 2.33. The molecule has 0 saturated heterocycles. The zero-order valence-electron chi connectivity index (χ0n) is 16.0. The van der Waals surface area contributed by atoms with Crippen LogP contribution < -0.4 is 5.32 Å². The number of aryl methyl sites for hydroxylation is 3. The minimum absolute atomic E-state index is 0.0164. The first-order chi connectivity index (χ1) is 13.3. The standard InChI is InChI=1S/C21H20N2O4S/c1-11-8-9-14(12(2)10-11)20-22-13(3)18(28-20)19(25)23-16-7-5-6-15(17(16)24)21(26)27-4/h5-10,24H,1-4H3,(H,23,25). The summed E-state index contributed by atoms with van der Waals surface area (Å²) in [6.07, 6.45) is 0. The number of hydrogen-bond acceptors (Lipinski definition) is 6. The molecule has 6 nitrogen and oxygen atoms in total. The van der Waals surface area contributed by atoms with Crippen molar-refractivity contribution in [3.8, 4) is 16.3 Å². The van der Waals surface area contributed by atoms with E-state index in [2.05, 4.69) is 21.1 Å². The lowest BCUT2D eigenvalue weighted by Crippen LogP contribution is -2.12. The fourth-order valence-electron chi connectivity index (χ4n) is 2.87. The molecule has 0 bridgehead atoms. The number of nitrogens with zero attached hydrogens (tertiary/aromatic N) is 1. The Hall–Kier alpha value is -3.19. The highest BCUT2D eigenvalue weighted by molar-refractivity contribution is 7.17. The van der Waals surface area contributed by atoms with Crippen LogP contribution in [-0.4, -0.2) is 29.1 Å². The van der Waals surface area contributed by atoms with Crippen LogP contribution in [0.4, 0.5) is 5.69 Å². The Bertz CT molecular complexity index is 1070. The van der Waals surface area contributed by atoms with E-state index in [9.17, 15) is 14.7 Å². The molecule has 0 saturated carbocycles. The van der Waals surface area contributed by atoms with Crippen molar-refractivity contribution in [2.24, 2.45) is 0 Å². The number of carbonyl (C=O) groups is 2. The predicted molar refractivity (Wildman–Crippen MR) is 109 cm³/mol. The van der Waals surface area contributed by atoms with Gasteiger partial charge < -0.3 is 15.2 Å². The van der Waals surface area contributed by atoms with Gasteiger partial charge in [-0.15, -0.1) is 11.3 Å². The molecule has 144 valence electrons. The number of phenolic OH excluding ortho intramolecular Hbond substituents is 1. The molecule has 0 atom stereocenters. The van der Waals surface area contributed by atoms with Gasteiger partial charge in [0.05, 0.1) is 18.5 Å². The van der Waals surface area contributed by atoms with Crippen molar-refractivity contribution in [3.05, 3.63) is 63.7 Å². The van der Waals surface area contributed by atoms with Gasteiger partial charge in [-0.3, -0.25) is 4.79 Å². The van der Waals surface area contributed by atoms with Gasteiger partial charge in [-0.05, 0) is 38.5 Å². The summed E-state index contributed by atoms with van der Waals surface area (Å²) in [6, 6.07) is 10.6. The fraction of sp³-hybridized carbons (Fsp3) is 0.190. The van der Waals surface area contributed by atoms with Crippen LogP contribution >= 0.6 is 11.3 Å². The topological polar surface area (TPSA) is 88.5 Å². The number of methoxy groups -OCH3 is 1. The molecule has 3 aromatic rings. The van der Waals surface area contributed by atoms with E-state index in [1.54, 1.807) is 13.0 Å². The van der Waals surface area contributed by atoms with Crippen LogP contribution in [0.15, 0.2) is 36.4 Å². The Morgan fingerprint density at radius 3 is 2.57 bits per heavy atom. The minimum Gasteiger partial charge on any atom is -0.505 e. The largest absolute Gasteiger partial charge is 0.505 e. The van der Waals surface area contributed by atoms with Crippen LogP contribution in [0.1, 0.15) is 36.9 Å². The summed E-state index contributed by atoms with van der Waals surface area (Å²) in [5, 5.41) is 13.7. The second-order valence-electron chi connectivity index (χ2n) is 6.40. The Balaban J connectivity index is 1.90. The number of thiazole rings is 1. The van der Waals surface area contributed by atoms with Gasteiger partial charge in [-0.25, -0.2) is 9.78 Å². The number of amides is 1. The normalized spacial score (nSPS) is 10.6. The molecule has 0 fully saturated rings. The molecule has 0 aliphatic rings. The number of hydrogen-bond donors (Lipinski definition) is 2. The number of para-hydroxylation sites is 1. The van der Waals surface area contributed by atoms with Crippen LogP contribution in [-0.2, 0) is 4.74 Å². The highest BCUT2D eigenvalue weighted by Gasteiger charge is 2.20. The van der Waals surface area contributed by atoms with Gasteiger partial charge in [0.2, 0.25) is 0 Å². The number of esters is 1. The zero-order chi connectivity index (χ0) is 20.4. The van der Waals surface area contributed by atoms with E-state index >= 15 is 0 Å². The lowest BCUT2D eigenvalue weighted by molar-refractivity contribution is 0.0597. The Kier molecular flexibility index (Phi) is 5.46. The molecule has 2 aromatic carbocycles. The molecule has 1 aromatic heterocycles. The number of benzene rings is 2. The number of rotatable bonds is 4. The van der Waals surface area contributed by atoms with Crippen molar-refractivity contribution < 1.29 is 19.4 Å². The first-order valence-corrected chi connectivity index (χ1v) is 9.40. The number of nitrogens with one attached hydrogen (secondary N) is 1. The van der Waals surface area contributed by atoms with Gasteiger partial charge in [0.25, 0.3) is 5.91 Å². The van der Waals surface area contributed by atoms with Crippen molar-refractivity contribution in [1.82, 2.24) is 4.98 Å². The number of anilines is 1. The van der Waals surface area contributed by atoms with E-state index in [0.29, 0.717) is 10.6 Å². The summed E-state index contributed by atoms with van der Waals surface area (Å²) in [7, 11) is 1.22. The molecule has 1 heterocycles. The van der Waals surface area contributed by atoms with E-state index in [1.807, 2.05) is 26.0 Å². The summed E-state index contributed by atoms with van der Waals surface area (Å²) in [5.41, 5.74) is 3.94. The number of ether oxygens (including phenoxy) is 1. The molecule has 7 heteroatoms. The van der Waals surface area contributed by atoms with Crippen molar-refractivity contribution in [3.63, 3.8) is 0 Å². The van der Waals surface area contributed by atoms with Crippen molar-refractivity contribution in [1.29, 1.82) is 0 Å². The molecule has 0 aliphatic carbocycles. The maximum atomic E-state index is 12.8. The number of aromatic hydroxyl groups is 1. The maximum Gasteiger partial charge on any atom is 0.341 e. The zero-order valence-corrected chi connectivity index (χ0v) is 16.8. The molecular weight excluding hydrogens is 376 g/mol. The Labute approximate surface area is 166 Å². The molecular formula is C21H20N2O4S. The molecule has 0 aliphatic heterocycles. The van der Waals surface area contributed by atoms with E-state index in [0.717, 1.165) is 21.7 Å². The highest BCUT2D eigenvalue weighted by atomic mass is 32.1. The predicted octanol–water partition coefficient (Wildman–Crippen LogP) is 4.48. The first kappa shape index (κ1) is 19.6. The average Bonchev–Trinajstić information content (AvgIpc) is 3.04. The van der Waals surface area contributed by atoms with Crippen LogP contribution in [0.5, 0.6) is 5.75 Å². The van der Waals surface area contributed by atoms with Gasteiger partial charge in [-0.2, -0.15) is 0 Å². The summed E-state index contributed by atoms with van der Waals surface area (Å²) in [4.78, 5) is 29.4. The third-order valence-corrected chi connectivity index (χ3v) is 5.49. The Morgan fingerprint density at radius 1 is 1.14 bits per heavy atom. The van der Waals surface area contributed by atoms with Gasteiger partial charge >= 0.3 is 5.97 Å². The summed E-state index contributed by atoms with van der Waals surface area (Å²) >= 11 is 1.28. The molecule has 0 spiro atoms. The van der Waals surface area contributed by atoms with Crippen LogP contribution in [0.3, 0.4) is 0 Å². The third-order valence-electron chi connectivity index (χ3n) is 4.30. The van der Waals surface area contributed by atoms with Gasteiger partial charge in [0, 0.05) is 5.56 Å². The molecule has 2 N–H and O–H groups in total. The lowest BCUT2D eigenvalue weighted by Gasteiger charge is -2.09. The maximum absolute atomic E-state index is 12.8. The lowest BCUT2D eigenvalue weighted by atomic mass is 10.1. The van der Waals surface area contributed by atoms with Gasteiger partial charge in [-0.1, -0.05) is 29.8 Å². The van der Waals surface area contributed by atoms with Crippen molar-refractivity contribution in [2.75, 3.05) is 12.4 Å². The second kappa shape index (κ2) is 7.82. The summed E-state index contributed by atoms with van der Waals surface area (Å²) in [5.74, 6) is -1.41. The van der Waals surface area contributed by atoms with Crippen molar-refractivity contribution in [2.45, 2.75) is 20.8 Å². The average molecular weight is 396 g/mol. The number of carbonyl (C=O) groups excluding carboxylic acids is 2. The van der Waals surface area contributed by atoms with Crippen LogP contribution in [0, 0.1) is 20.8 Å². The van der Waals surface area contributed by atoms with E-state index in [4.69, 9.17) is 0 Å². The summed E-state index contributed by atoms with van der Waals surface area (Å²) < 4.78 is 4.63. The summed E-state index contributed by atoms with van der Waals surface area (Å²) in [6.45, 7) is 5.80. The van der Waals surface area contributed by atoms with Crippen LogP contribution in [0.25, 0.3) is 10.6 Å². The minimum atomic E-state index is -0.681. The first-order valence-electron chi connectivity index (χ1n) is 8.58. The monoisotopic (exact) mass is 396 g/mol. The van der Waals surface area contributed by atoms with Crippen LogP contribution in [0.2, 0.25) is 0 Å². The molecule has 1 amide bonds. The number of phenols is 1. The molecule has 0 radical (unpaired) electrons. The van der Waals surface area contributed by atoms with E-state index < -0.39 is 11.9 Å². The quantitative estimate of drug-likeness (QED) is 0.501. The second-order valence-corrected chi connectivity index (χ2v) is 7.40. The smallest absolute Gasteiger partial charge is 0.341 e. The van der Waals surface area contributed by atoms with Gasteiger partial charge in [0.1, 0.15) is 15.4 Å². The van der Waals surface area contributed by atoms with Gasteiger partial charge in [0.15, 0.2) is 5.75 Å². The van der Waals surface area contributed by atoms with Crippen molar-refractivity contribution >= 4 is 28.9 Å². The fourth-order valence-corrected chi connectivity index (χ4v) is 3.93. The van der Waals surface area contributed by atoms with E-state index in [-0.39, 0.29) is 17.0 Å². The molecule has 3 rings (SSSR count). The SMILES string of the molecule is COC(=O)c1cccc(NC(=O)c2sc(-c3ccc(C)cc3C)nc2C)c1O. The Morgan fingerprint density at radius 2 is 1.89 bits per heavy atom. The molecule has 0 unspecified atom stereocenters. The molecule has 28 heavy (non-hydrogen) atoms. The van der Waals surface area contributed by atoms with E-state index in [1.165, 1.54) is 30.6 Å². The third kappa shape index (κ3) is 3.75.